The largest absolute Gasteiger partial charge is 0.488 e. The van der Waals surface area contributed by atoms with E-state index in [0.29, 0.717) is 40.0 Å². The predicted octanol–water partition coefficient (Wildman–Crippen LogP) is 5.47. The molecule has 7 nitrogen and oxygen atoms in total. The van der Waals surface area contributed by atoms with Crippen LogP contribution in [0.5, 0.6) is 11.6 Å². The zero-order chi connectivity index (χ0) is 23.9. The lowest BCUT2D eigenvalue weighted by molar-refractivity contribution is 0.0819. The molecule has 1 fully saturated rings. The zero-order valence-corrected chi connectivity index (χ0v) is 19.4. The van der Waals surface area contributed by atoms with Crippen LogP contribution in [0.15, 0.2) is 42.9 Å². The van der Waals surface area contributed by atoms with Crippen LogP contribution < -0.4 is 9.47 Å². The van der Waals surface area contributed by atoms with Crippen molar-refractivity contribution in [3.8, 4) is 23.0 Å². The van der Waals surface area contributed by atoms with E-state index in [0.717, 1.165) is 24.1 Å². The van der Waals surface area contributed by atoms with Gasteiger partial charge in [0.25, 0.3) is 6.43 Å². The second-order valence-electron chi connectivity index (χ2n) is 8.59. The first-order valence-electron chi connectivity index (χ1n) is 10.8. The fourth-order valence-corrected chi connectivity index (χ4v) is 3.89. The van der Waals surface area contributed by atoms with Crippen molar-refractivity contribution >= 4 is 22.8 Å². The topological polar surface area (TPSA) is 75.0 Å². The Hall–Kier alpha value is -3.33. The fourth-order valence-electron chi connectivity index (χ4n) is 3.63. The van der Waals surface area contributed by atoms with Gasteiger partial charge in [-0.3, -0.25) is 4.98 Å². The van der Waals surface area contributed by atoms with Gasteiger partial charge in [0.05, 0.1) is 17.3 Å². The van der Waals surface area contributed by atoms with Crippen LogP contribution in [-0.4, -0.2) is 43.1 Å². The van der Waals surface area contributed by atoms with E-state index >= 15 is 0 Å². The molecule has 0 aliphatic heterocycles. The van der Waals surface area contributed by atoms with Gasteiger partial charge in [-0.25, -0.2) is 18.7 Å². The maximum atomic E-state index is 12.5. The summed E-state index contributed by atoms with van der Waals surface area (Å²) in [5.74, 6) is 1.20. The molecule has 0 amide bonds. The van der Waals surface area contributed by atoms with Gasteiger partial charge < -0.3 is 14.0 Å². The second kappa shape index (κ2) is 8.79. The lowest BCUT2D eigenvalue weighted by Crippen LogP contribution is -2.13. The molecular formula is C24H22ClF2N5O2. The van der Waals surface area contributed by atoms with Crippen molar-refractivity contribution in [3.05, 3.63) is 59.1 Å². The van der Waals surface area contributed by atoms with E-state index in [-0.39, 0.29) is 11.4 Å². The number of fused-ring (bicyclic) bond motifs is 1. The quantitative estimate of drug-likeness (QED) is 0.329. The number of imidazole rings is 1. The highest BCUT2D eigenvalue weighted by Crippen LogP contribution is 2.41. The first-order valence-corrected chi connectivity index (χ1v) is 11.2. The SMILES string of the molecule is Cc1ccnc(Cn2c(-c3ccc(OCC(F)F)cc3Cl)nc3c(OC4(C)CC4)ncnc32)c1. The van der Waals surface area contributed by atoms with Crippen molar-refractivity contribution in [3.63, 3.8) is 0 Å². The summed E-state index contributed by atoms with van der Waals surface area (Å²) in [5, 5.41) is 0.310. The Labute approximate surface area is 199 Å². The average Bonchev–Trinajstić information content (AvgIpc) is 3.41. The molecular weight excluding hydrogens is 464 g/mol. The molecule has 0 bridgehead atoms. The summed E-state index contributed by atoms with van der Waals surface area (Å²) in [4.78, 5) is 18.1. The Morgan fingerprint density at radius 1 is 1.15 bits per heavy atom. The van der Waals surface area contributed by atoms with E-state index in [1.807, 2.05) is 30.5 Å². The van der Waals surface area contributed by atoms with Gasteiger partial charge in [0.1, 0.15) is 30.1 Å². The number of rotatable bonds is 8. The molecule has 0 radical (unpaired) electrons. The van der Waals surface area contributed by atoms with Crippen LogP contribution in [0.25, 0.3) is 22.6 Å². The van der Waals surface area contributed by atoms with Crippen molar-refractivity contribution in [1.29, 1.82) is 0 Å². The number of halogens is 3. The average molecular weight is 486 g/mol. The van der Waals surface area contributed by atoms with Gasteiger partial charge in [-0.05, 0) is 62.6 Å². The Balaban J connectivity index is 1.61. The summed E-state index contributed by atoms with van der Waals surface area (Å²) in [7, 11) is 0. The highest BCUT2D eigenvalue weighted by Gasteiger charge is 2.41. The van der Waals surface area contributed by atoms with E-state index in [1.165, 1.54) is 12.4 Å². The lowest BCUT2D eigenvalue weighted by atomic mass is 10.2. The van der Waals surface area contributed by atoms with Crippen molar-refractivity contribution in [2.75, 3.05) is 6.61 Å². The number of benzene rings is 1. The van der Waals surface area contributed by atoms with Gasteiger partial charge in [-0.1, -0.05) is 11.6 Å². The first kappa shape index (κ1) is 22.5. The molecule has 0 unspecified atom stereocenters. The summed E-state index contributed by atoms with van der Waals surface area (Å²) in [6.07, 6.45) is 2.53. The number of pyridine rings is 1. The molecule has 0 N–H and O–H groups in total. The monoisotopic (exact) mass is 485 g/mol. The molecule has 1 saturated carbocycles. The first-order chi connectivity index (χ1) is 16.3. The van der Waals surface area contributed by atoms with Crippen LogP contribution in [0.1, 0.15) is 31.0 Å². The van der Waals surface area contributed by atoms with Gasteiger partial charge in [0, 0.05) is 11.8 Å². The van der Waals surface area contributed by atoms with E-state index < -0.39 is 13.0 Å². The molecule has 3 heterocycles. The summed E-state index contributed by atoms with van der Waals surface area (Å²) in [6.45, 7) is 3.71. The predicted molar refractivity (Wildman–Crippen MR) is 124 cm³/mol. The highest BCUT2D eigenvalue weighted by molar-refractivity contribution is 6.33. The smallest absolute Gasteiger partial charge is 0.272 e. The van der Waals surface area contributed by atoms with Crippen LogP contribution in [0.3, 0.4) is 0 Å². The van der Waals surface area contributed by atoms with E-state index in [1.54, 1.807) is 18.3 Å². The van der Waals surface area contributed by atoms with Crippen LogP contribution in [0.2, 0.25) is 5.02 Å². The fraction of sp³-hybridized carbons (Fsp3) is 0.333. The molecule has 4 aromatic rings. The molecule has 10 heteroatoms. The molecule has 0 spiro atoms. The molecule has 3 aromatic heterocycles. The van der Waals surface area contributed by atoms with Crippen LogP contribution in [-0.2, 0) is 6.54 Å². The molecule has 1 aliphatic rings. The summed E-state index contributed by atoms with van der Waals surface area (Å²) < 4.78 is 38.2. The highest BCUT2D eigenvalue weighted by atomic mass is 35.5. The Kier molecular flexibility index (Phi) is 5.81. The van der Waals surface area contributed by atoms with E-state index in [4.69, 9.17) is 26.1 Å². The number of ether oxygens (including phenoxy) is 2. The maximum absolute atomic E-state index is 12.5. The Morgan fingerprint density at radius 3 is 2.68 bits per heavy atom. The minimum Gasteiger partial charge on any atom is -0.488 e. The normalized spacial score (nSPS) is 14.5. The van der Waals surface area contributed by atoms with E-state index in [2.05, 4.69) is 15.0 Å². The second-order valence-corrected chi connectivity index (χ2v) is 9.00. The van der Waals surface area contributed by atoms with E-state index in [9.17, 15) is 8.78 Å². The van der Waals surface area contributed by atoms with Gasteiger partial charge in [-0.15, -0.1) is 0 Å². The molecule has 0 atom stereocenters. The molecule has 1 aromatic carbocycles. The molecule has 5 rings (SSSR count). The van der Waals surface area contributed by atoms with Gasteiger partial charge in [0.2, 0.25) is 5.88 Å². The lowest BCUT2D eigenvalue weighted by Gasteiger charge is -2.12. The number of aromatic nitrogens is 5. The molecule has 0 saturated heterocycles. The Morgan fingerprint density at radius 2 is 1.97 bits per heavy atom. The molecule has 176 valence electrons. The maximum Gasteiger partial charge on any atom is 0.272 e. The molecule has 34 heavy (non-hydrogen) atoms. The van der Waals surface area contributed by atoms with Crippen LogP contribution >= 0.6 is 11.6 Å². The van der Waals surface area contributed by atoms with Crippen molar-refractivity contribution in [2.24, 2.45) is 0 Å². The van der Waals surface area contributed by atoms with Crippen LogP contribution in [0, 0.1) is 6.92 Å². The van der Waals surface area contributed by atoms with Crippen molar-refractivity contribution in [2.45, 2.75) is 45.3 Å². The van der Waals surface area contributed by atoms with Gasteiger partial charge in [0.15, 0.2) is 11.2 Å². The third kappa shape index (κ3) is 4.65. The minimum absolute atomic E-state index is 0.245. The summed E-state index contributed by atoms with van der Waals surface area (Å²) in [6, 6.07) is 8.70. The van der Waals surface area contributed by atoms with Crippen molar-refractivity contribution < 1.29 is 18.3 Å². The van der Waals surface area contributed by atoms with Gasteiger partial charge >= 0.3 is 0 Å². The van der Waals surface area contributed by atoms with Gasteiger partial charge in [-0.2, -0.15) is 4.98 Å². The number of aryl methyl sites for hydroxylation is 1. The summed E-state index contributed by atoms with van der Waals surface area (Å²) in [5.41, 5.74) is 3.36. The van der Waals surface area contributed by atoms with Crippen LogP contribution in [0.4, 0.5) is 8.78 Å². The number of alkyl halides is 2. The third-order valence-corrected chi connectivity index (χ3v) is 5.96. The Bertz CT molecular complexity index is 1360. The third-order valence-electron chi connectivity index (χ3n) is 5.65. The number of nitrogens with zero attached hydrogens (tertiary/aromatic N) is 5. The minimum atomic E-state index is -2.57. The zero-order valence-electron chi connectivity index (χ0n) is 18.6. The number of hydrogen-bond donors (Lipinski definition) is 0. The summed E-state index contributed by atoms with van der Waals surface area (Å²) >= 11 is 6.56. The van der Waals surface area contributed by atoms with Crippen molar-refractivity contribution in [1.82, 2.24) is 24.5 Å². The standard InChI is InChI=1S/C24H22ClF2N5O2/c1-14-5-8-28-15(9-14)11-32-21(17-4-3-16(10-18(17)25)33-12-19(26)27)31-20-22(32)29-13-30-23(20)34-24(2)6-7-24/h3-5,8-10,13,19H,6-7,11-12H2,1-2H3. The number of hydrogen-bond acceptors (Lipinski definition) is 6. The molecule has 1 aliphatic carbocycles.